The second kappa shape index (κ2) is 27.1. The molecule has 20 nitrogen and oxygen atoms in total. The second-order valence-corrected chi connectivity index (χ2v) is 21.1. The number of rotatable bonds is 27. The highest BCUT2D eigenvalue weighted by atomic mass is 32.1. The van der Waals surface area contributed by atoms with Crippen molar-refractivity contribution in [3.8, 4) is 10.4 Å². The quantitative estimate of drug-likeness (QED) is 0.0371. The van der Waals surface area contributed by atoms with E-state index >= 15 is 0 Å². The molecule has 4 amide bonds. The number of aliphatic hydroxyl groups excluding tert-OH is 2. The number of β-amino-alcohol motifs (C(OH)–C–C–N with tert-alkyl or cyclic N) is 2. The number of hydrogen-bond donors (Lipinski definition) is 6. The topological polar surface area (TPSA) is 250 Å². The summed E-state index contributed by atoms with van der Waals surface area (Å²) in [7, 11) is 0. The number of carbonyl (C=O) groups is 5. The Balaban J connectivity index is 0.693. The minimum Gasteiger partial charge on any atom is -0.392 e. The number of fused-ring (bicyclic) bond motifs is 1. The Morgan fingerprint density at radius 1 is 0.865 bits per heavy atom. The molecule has 2 saturated heterocycles. The molecular formula is C53H72N10O10S. The van der Waals surface area contributed by atoms with Crippen LogP contribution >= 0.6 is 11.3 Å². The summed E-state index contributed by atoms with van der Waals surface area (Å²) in [6.07, 6.45) is 1.49. The molecule has 0 bridgehead atoms. The van der Waals surface area contributed by atoms with Crippen LogP contribution in [0.1, 0.15) is 72.9 Å². The monoisotopic (exact) mass is 1040 g/mol. The van der Waals surface area contributed by atoms with Crippen molar-refractivity contribution < 1.29 is 48.4 Å². The van der Waals surface area contributed by atoms with Gasteiger partial charge in [0.1, 0.15) is 43.1 Å². The van der Waals surface area contributed by atoms with Gasteiger partial charge in [-0.3, -0.25) is 33.8 Å². The lowest BCUT2D eigenvalue weighted by Crippen LogP contribution is -2.58. The molecule has 3 aliphatic heterocycles. The number of nitrogens with zero attached hydrogens (tertiary/aromatic N) is 6. The summed E-state index contributed by atoms with van der Waals surface area (Å²) >= 11 is 1.56. The minimum absolute atomic E-state index is 0.0328. The highest BCUT2D eigenvalue weighted by Gasteiger charge is 2.44. The average Bonchev–Trinajstić information content (AvgIpc) is 3.99. The Labute approximate surface area is 437 Å². The molecule has 0 saturated carbocycles. The largest absolute Gasteiger partial charge is 0.392 e. The number of amides is 4. The molecule has 2 aromatic heterocycles. The van der Waals surface area contributed by atoms with Crippen molar-refractivity contribution in [2.24, 2.45) is 5.41 Å². The van der Waals surface area contributed by atoms with Crippen molar-refractivity contribution >= 4 is 46.6 Å². The Morgan fingerprint density at radius 3 is 2.30 bits per heavy atom. The number of nitrogens with one attached hydrogen (secondary N) is 4. The van der Waals surface area contributed by atoms with Crippen LogP contribution in [0.3, 0.4) is 0 Å². The van der Waals surface area contributed by atoms with E-state index in [-0.39, 0.29) is 89.2 Å². The molecule has 0 aliphatic carbocycles. The zero-order valence-corrected chi connectivity index (χ0v) is 43.7. The highest BCUT2D eigenvalue weighted by molar-refractivity contribution is 7.13. The number of carbonyl (C=O) groups excluding carboxylic acids is 5. The smallest absolute Gasteiger partial charge is 0.246 e. The van der Waals surface area contributed by atoms with Crippen LogP contribution in [-0.2, 0) is 52.9 Å². The molecule has 0 radical (unpaired) electrons. The fraction of sp³-hybridized carbons (Fsp3) is 0.547. The third kappa shape index (κ3) is 16.6. The number of aromatic nitrogens is 3. The lowest BCUT2D eigenvalue weighted by Gasteiger charge is -2.39. The van der Waals surface area contributed by atoms with Crippen LogP contribution in [0.2, 0.25) is 0 Å². The summed E-state index contributed by atoms with van der Waals surface area (Å²) in [5.41, 5.74) is 6.93. The molecule has 7 rings (SSSR count). The van der Waals surface area contributed by atoms with E-state index < -0.39 is 41.5 Å². The number of hydrogen-bond acceptors (Lipinski definition) is 17. The first-order chi connectivity index (χ1) is 35.6. The Hall–Kier alpha value is -5.78. The maximum Gasteiger partial charge on any atom is 0.246 e. The number of thiazole rings is 1. The summed E-state index contributed by atoms with van der Waals surface area (Å²) in [4.78, 5) is 85.2. The van der Waals surface area contributed by atoms with Crippen LogP contribution < -0.4 is 21.3 Å². The molecule has 3 aliphatic rings. The van der Waals surface area contributed by atoms with E-state index in [9.17, 15) is 34.2 Å². The van der Waals surface area contributed by atoms with Gasteiger partial charge in [0.15, 0.2) is 5.78 Å². The molecule has 5 heterocycles. The summed E-state index contributed by atoms with van der Waals surface area (Å²) in [6.45, 7) is 12.7. The van der Waals surface area contributed by atoms with Gasteiger partial charge in [-0.1, -0.05) is 69.3 Å². The van der Waals surface area contributed by atoms with Crippen LogP contribution in [0.15, 0.2) is 66.4 Å². The second-order valence-electron chi connectivity index (χ2n) is 20.3. The molecule has 6 N–H and O–H groups in total. The summed E-state index contributed by atoms with van der Waals surface area (Å²) in [5, 5.41) is 33.1. The average molecular weight is 1040 g/mol. The number of Topliss-reactive ketones (excluding diaryl/α,β-unsaturated/α-hetero) is 1. The number of aliphatic hydroxyl groups is 2. The first-order valence-electron chi connectivity index (χ1n) is 25.5. The van der Waals surface area contributed by atoms with E-state index in [2.05, 4.69) is 64.2 Å². The first kappa shape index (κ1) is 56.0. The maximum absolute atomic E-state index is 13.9. The van der Waals surface area contributed by atoms with E-state index in [1.807, 2.05) is 58.0 Å². The molecule has 4 aromatic rings. The van der Waals surface area contributed by atoms with Crippen molar-refractivity contribution in [1.29, 1.82) is 0 Å². The summed E-state index contributed by atoms with van der Waals surface area (Å²) in [6, 6.07) is 16.1. The molecule has 0 spiro atoms. The fourth-order valence-electron chi connectivity index (χ4n) is 9.22. The van der Waals surface area contributed by atoms with Gasteiger partial charge in [0.25, 0.3) is 0 Å². The lowest BCUT2D eigenvalue weighted by atomic mass is 9.85. The number of aryl methyl sites for hydroxylation is 1. The van der Waals surface area contributed by atoms with Crippen molar-refractivity contribution in [3.05, 3.63) is 94.5 Å². The van der Waals surface area contributed by atoms with Gasteiger partial charge in [-0.15, -0.1) is 11.3 Å². The normalized spacial score (nSPS) is 18.0. The predicted molar refractivity (Wildman–Crippen MR) is 278 cm³/mol. The van der Waals surface area contributed by atoms with Crippen LogP contribution in [0.5, 0.6) is 0 Å². The predicted octanol–water partition coefficient (Wildman–Crippen LogP) is 2.36. The zero-order valence-electron chi connectivity index (χ0n) is 42.9. The van der Waals surface area contributed by atoms with Gasteiger partial charge >= 0.3 is 0 Å². The maximum atomic E-state index is 13.9. The van der Waals surface area contributed by atoms with Gasteiger partial charge < -0.3 is 50.6 Å². The highest BCUT2D eigenvalue weighted by Crippen LogP contribution is 2.29. The third-order valence-electron chi connectivity index (χ3n) is 13.3. The summed E-state index contributed by atoms with van der Waals surface area (Å²) < 4.78 is 16.5. The van der Waals surface area contributed by atoms with Crippen molar-refractivity contribution in [1.82, 2.24) is 45.6 Å². The molecule has 0 unspecified atom stereocenters. The van der Waals surface area contributed by atoms with E-state index in [0.717, 1.165) is 54.3 Å². The Kier molecular flexibility index (Phi) is 20.5. The van der Waals surface area contributed by atoms with Gasteiger partial charge in [-0.05, 0) is 47.4 Å². The number of benzene rings is 2. The number of ether oxygens (including phenoxy) is 3. The minimum atomic E-state index is -0.989. The van der Waals surface area contributed by atoms with Crippen LogP contribution in [-0.4, -0.2) is 185 Å². The lowest BCUT2D eigenvalue weighted by molar-refractivity contribution is -0.144. The van der Waals surface area contributed by atoms with Crippen molar-refractivity contribution in [2.45, 2.75) is 96.8 Å². The van der Waals surface area contributed by atoms with E-state index in [0.29, 0.717) is 37.6 Å². The zero-order chi connectivity index (χ0) is 52.6. The number of ketones is 1. The fourth-order valence-corrected chi connectivity index (χ4v) is 10.0. The first-order valence-corrected chi connectivity index (χ1v) is 26.3. The molecule has 400 valence electrons. The molecule has 2 fully saturated rings. The van der Waals surface area contributed by atoms with Gasteiger partial charge in [0.05, 0.1) is 60.8 Å². The molecule has 74 heavy (non-hydrogen) atoms. The van der Waals surface area contributed by atoms with Gasteiger partial charge in [-0.2, -0.15) is 0 Å². The number of likely N-dealkylation sites (tertiary alicyclic amines) is 2. The van der Waals surface area contributed by atoms with Crippen LogP contribution in [0, 0.1) is 12.3 Å². The van der Waals surface area contributed by atoms with Gasteiger partial charge in [0.2, 0.25) is 23.6 Å². The third-order valence-corrected chi connectivity index (χ3v) is 14.3. The molecule has 2 aromatic carbocycles. The molecule has 4 atom stereocenters. The van der Waals surface area contributed by atoms with E-state index in [1.165, 1.54) is 22.4 Å². The van der Waals surface area contributed by atoms with Crippen LogP contribution in [0.25, 0.3) is 10.4 Å². The van der Waals surface area contributed by atoms with Crippen molar-refractivity contribution in [3.63, 3.8) is 0 Å². The SMILES string of the molecule is Cc1ncsc1-c1ccc(CNC(=O)[C@@H]2C[C@@H](O)CN2C(=O)[C@@H](NC(=O)COCCOCCOCC(=O)NCCN2CC(Nc3cc(C(=O)CC[C@H](O)CN4CCc5ccccc5C4)ncn3)C2)C(C)(C)C)cc1. The Bertz CT molecular complexity index is 2500. The molecular weight excluding hydrogens is 969 g/mol. The molecule has 21 heteroatoms. The van der Waals surface area contributed by atoms with E-state index in [4.69, 9.17) is 14.2 Å². The van der Waals surface area contributed by atoms with Crippen LogP contribution in [0.4, 0.5) is 5.82 Å². The van der Waals surface area contributed by atoms with Crippen molar-refractivity contribution in [2.75, 3.05) is 90.8 Å². The van der Waals surface area contributed by atoms with Gasteiger partial charge in [0, 0.05) is 77.8 Å². The standard InChI is InChI=1S/C53H72N10O10S/c1-35-49(74-34-58-35)38-11-9-36(10-12-38)25-55-51(69)44-23-42(65)30-63(44)52(70)50(53(2,3)4)60-48(68)32-73-22-20-71-19-21-72-31-47(67)54-16-18-62-27-40(28-62)59-46-24-43(56-33-57-46)45(66)14-13-41(64)29-61-17-15-37-7-5-6-8-39(37)26-61/h5-12,24,33-34,40-42,44,50,64-65H,13-23,25-32H2,1-4H3,(H,54,67)(H,55,69)(H,60,68)(H,56,57,59)/t41-,42+,44-,50+/m0/s1. The Morgan fingerprint density at radius 2 is 1.58 bits per heavy atom. The van der Waals surface area contributed by atoms with E-state index in [1.54, 1.807) is 22.9 Å². The number of anilines is 1. The summed E-state index contributed by atoms with van der Waals surface area (Å²) in [5.74, 6) is -1.17. The van der Waals surface area contributed by atoms with Gasteiger partial charge in [-0.25, -0.2) is 15.0 Å².